The number of hydrogen-bond donors (Lipinski definition) is 2. The van der Waals surface area contributed by atoms with Crippen molar-refractivity contribution in [3.8, 4) is 0 Å². The molecule has 5 nitrogen and oxygen atoms in total. The van der Waals surface area contributed by atoms with Gasteiger partial charge in [-0.05, 0) is 34.1 Å². The van der Waals surface area contributed by atoms with E-state index in [0.29, 0.717) is 4.88 Å². The summed E-state index contributed by atoms with van der Waals surface area (Å²) in [5.74, 6) is -0.979. The number of rotatable bonds is 6. The van der Waals surface area contributed by atoms with E-state index in [9.17, 15) is 13.2 Å². The van der Waals surface area contributed by atoms with E-state index in [-0.39, 0.29) is 17.2 Å². The van der Waals surface area contributed by atoms with Crippen molar-refractivity contribution in [2.24, 2.45) is 0 Å². The molecule has 2 aromatic rings. The third kappa shape index (κ3) is 4.13. The predicted molar refractivity (Wildman–Crippen MR) is 81.7 cm³/mol. The maximum Gasteiger partial charge on any atom is 0.308 e. The van der Waals surface area contributed by atoms with Gasteiger partial charge >= 0.3 is 5.97 Å². The standard InChI is InChI=1S/C11H10BrNO4S3/c12-7-3-9(18-6-7)5-13-20(16,17)11-2-1-8(19-11)4-10(14)15/h1-3,6,13H,4-5H2,(H,14,15). The number of nitrogens with one attached hydrogen (secondary N) is 1. The summed E-state index contributed by atoms with van der Waals surface area (Å²) in [6.45, 7) is 0.213. The van der Waals surface area contributed by atoms with Crippen LogP contribution in [0.2, 0.25) is 0 Å². The van der Waals surface area contributed by atoms with Crippen LogP contribution in [0.4, 0.5) is 0 Å². The highest BCUT2D eigenvalue weighted by Gasteiger charge is 2.17. The van der Waals surface area contributed by atoms with Crippen molar-refractivity contribution in [3.05, 3.63) is 37.8 Å². The largest absolute Gasteiger partial charge is 0.481 e. The molecule has 2 heterocycles. The Balaban J connectivity index is 2.06. The molecule has 2 rings (SSSR count). The second-order valence-electron chi connectivity index (χ2n) is 3.85. The number of carboxylic acid groups (broad SMARTS) is 1. The van der Waals surface area contributed by atoms with Gasteiger partial charge in [0.15, 0.2) is 0 Å². The minimum absolute atomic E-state index is 0.129. The van der Waals surface area contributed by atoms with Crippen LogP contribution in [-0.4, -0.2) is 19.5 Å². The zero-order valence-corrected chi connectivity index (χ0v) is 14.0. The number of carbonyl (C=O) groups is 1. The average Bonchev–Trinajstić information content (AvgIpc) is 2.95. The predicted octanol–water partition coefficient (Wildman–Crippen LogP) is 2.68. The Morgan fingerprint density at radius 1 is 1.35 bits per heavy atom. The lowest BCUT2D eigenvalue weighted by molar-refractivity contribution is -0.136. The summed E-state index contributed by atoms with van der Waals surface area (Å²) in [4.78, 5) is 12.0. The molecule has 108 valence electrons. The van der Waals surface area contributed by atoms with Crippen LogP contribution in [-0.2, 0) is 27.8 Å². The van der Waals surface area contributed by atoms with Gasteiger partial charge in [-0.3, -0.25) is 4.79 Å². The Morgan fingerprint density at radius 3 is 2.70 bits per heavy atom. The monoisotopic (exact) mass is 395 g/mol. The highest BCUT2D eigenvalue weighted by atomic mass is 79.9. The fraction of sp³-hybridized carbons (Fsp3) is 0.182. The van der Waals surface area contributed by atoms with Gasteiger partial charge in [-0.1, -0.05) is 0 Å². The summed E-state index contributed by atoms with van der Waals surface area (Å²) in [6.07, 6.45) is -0.169. The van der Waals surface area contributed by atoms with Gasteiger partial charge in [0, 0.05) is 26.2 Å². The van der Waals surface area contributed by atoms with E-state index in [1.165, 1.54) is 23.5 Å². The molecule has 0 spiro atoms. The first-order valence-corrected chi connectivity index (χ1v) is 9.37. The number of hydrogen-bond acceptors (Lipinski definition) is 5. The average molecular weight is 396 g/mol. The Labute approximate surface area is 132 Å². The lowest BCUT2D eigenvalue weighted by atomic mass is 10.3. The number of thiophene rings is 2. The van der Waals surface area contributed by atoms with Crippen molar-refractivity contribution in [2.75, 3.05) is 0 Å². The molecule has 0 saturated carbocycles. The van der Waals surface area contributed by atoms with E-state index in [1.54, 1.807) is 0 Å². The van der Waals surface area contributed by atoms with Gasteiger partial charge in [0.1, 0.15) is 4.21 Å². The topological polar surface area (TPSA) is 83.5 Å². The van der Waals surface area contributed by atoms with Crippen LogP contribution in [0.25, 0.3) is 0 Å². The van der Waals surface area contributed by atoms with Crippen LogP contribution in [0.5, 0.6) is 0 Å². The molecule has 0 bridgehead atoms. The fourth-order valence-electron chi connectivity index (χ4n) is 1.43. The molecule has 0 unspecified atom stereocenters. The third-order valence-corrected chi connectivity index (χ3v) is 6.96. The molecule has 2 N–H and O–H groups in total. The summed E-state index contributed by atoms with van der Waals surface area (Å²) in [5, 5.41) is 10.5. The highest BCUT2D eigenvalue weighted by Crippen LogP contribution is 2.23. The molecule has 0 amide bonds. The van der Waals surface area contributed by atoms with Crippen molar-refractivity contribution in [2.45, 2.75) is 17.2 Å². The van der Waals surface area contributed by atoms with Gasteiger partial charge in [-0.2, -0.15) is 0 Å². The SMILES string of the molecule is O=C(O)Cc1ccc(S(=O)(=O)NCc2cc(Br)cs2)s1. The van der Waals surface area contributed by atoms with E-state index >= 15 is 0 Å². The second-order valence-corrected chi connectivity index (χ2v) is 8.92. The van der Waals surface area contributed by atoms with E-state index in [4.69, 9.17) is 5.11 Å². The zero-order chi connectivity index (χ0) is 14.8. The summed E-state index contributed by atoms with van der Waals surface area (Å²) in [5.41, 5.74) is 0. The molecule has 0 aliphatic rings. The molecule has 0 aliphatic carbocycles. The first-order valence-electron chi connectivity index (χ1n) is 5.40. The molecule has 2 aromatic heterocycles. The number of halogens is 1. The minimum Gasteiger partial charge on any atom is -0.481 e. The van der Waals surface area contributed by atoms with Gasteiger partial charge in [-0.25, -0.2) is 13.1 Å². The van der Waals surface area contributed by atoms with Gasteiger partial charge in [0.2, 0.25) is 10.0 Å². The van der Waals surface area contributed by atoms with E-state index in [1.807, 2.05) is 11.4 Å². The van der Waals surface area contributed by atoms with Crippen molar-refractivity contribution < 1.29 is 18.3 Å². The first-order chi connectivity index (χ1) is 9.37. The number of carboxylic acids is 1. The molecule has 0 saturated heterocycles. The number of sulfonamides is 1. The van der Waals surface area contributed by atoms with Crippen LogP contribution in [0.1, 0.15) is 9.75 Å². The highest BCUT2D eigenvalue weighted by molar-refractivity contribution is 9.10. The lowest BCUT2D eigenvalue weighted by Gasteiger charge is -2.02. The normalized spacial score (nSPS) is 11.7. The molecule has 9 heteroatoms. The van der Waals surface area contributed by atoms with Crippen molar-refractivity contribution in [1.82, 2.24) is 4.72 Å². The van der Waals surface area contributed by atoms with Gasteiger partial charge in [0.25, 0.3) is 0 Å². The van der Waals surface area contributed by atoms with Crippen molar-refractivity contribution in [1.29, 1.82) is 0 Å². The van der Waals surface area contributed by atoms with Gasteiger partial charge in [-0.15, -0.1) is 22.7 Å². The van der Waals surface area contributed by atoms with Crippen molar-refractivity contribution >= 4 is 54.6 Å². The molecule has 0 radical (unpaired) electrons. The van der Waals surface area contributed by atoms with Gasteiger partial charge in [0.05, 0.1) is 6.42 Å². The molecular weight excluding hydrogens is 386 g/mol. The second kappa shape index (κ2) is 6.35. The maximum atomic E-state index is 12.1. The van der Waals surface area contributed by atoms with Crippen LogP contribution in [0.15, 0.2) is 32.3 Å². The summed E-state index contributed by atoms with van der Waals surface area (Å²) in [7, 11) is -3.60. The molecule has 0 aliphatic heterocycles. The van der Waals surface area contributed by atoms with E-state index < -0.39 is 16.0 Å². The Morgan fingerprint density at radius 2 is 2.10 bits per heavy atom. The maximum absolute atomic E-state index is 12.1. The fourth-order valence-corrected chi connectivity index (χ4v) is 5.31. The smallest absolute Gasteiger partial charge is 0.308 e. The summed E-state index contributed by atoms with van der Waals surface area (Å²) >= 11 is 5.73. The number of aliphatic carboxylic acids is 1. The van der Waals surface area contributed by atoms with Crippen LogP contribution in [0, 0.1) is 0 Å². The van der Waals surface area contributed by atoms with Crippen LogP contribution >= 0.6 is 38.6 Å². The molecular formula is C11H10BrNO4S3. The lowest BCUT2D eigenvalue weighted by Crippen LogP contribution is -2.21. The van der Waals surface area contributed by atoms with Crippen molar-refractivity contribution in [3.63, 3.8) is 0 Å². The van der Waals surface area contributed by atoms with Gasteiger partial charge < -0.3 is 5.11 Å². The molecule has 0 aromatic carbocycles. The van der Waals surface area contributed by atoms with Crippen LogP contribution < -0.4 is 4.72 Å². The molecule has 0 fully saturated rings. The molecule has 0 atom stereocenters. The van der Waals surface area contributed by atoms with E-state index in [2.05, 4.69) is 20.7 Å². The Kier molecular flexibility index (Phi) is 4.97. The van der Waals surface area contributed by atoms with Crippen LogP contribution in [0.3, 0.4) is 0 Å². The minimum atomic E-state index is -3.60. The quantitative estimate of drug-likeness (QED) is 0.787. The summed E-state index contributed by atoms with van der Waals surface area (Å²) < 4.78 is 27.7. The van der Waals surface area contributed by atoms with E-state index in [0.717, 1.165) is 20.7 Å². The molecule has 20 heavy (non-hydrogen) atoms. The third-order valence-electron chi connectivity index (χ3n) is 2.29. The zero-order valence-electron chi connectivity index (χ0n) is 10.00. The Bertz CT molecular complexity index is 720. The summed E-state index contributed by atoms with van der Waals surface area (Å²) in [6, 6.07) is 4.79. The Hall–Kier alpha value is -0.740. The first kappa shape index (κ1) is 15.6.